The van der Waals surface area contributed by atoms with Crippen molar-refractivity contribution >= 4 is 15.9 Å². The van der Waals surface area contributed by atoms with E-state index >= 15 is 0 Å². The molecule has 3 rings (SSSR count). The Morgan fingerprint density at radius 2 is 1.70 bits per heavy atom. The van der Waals surface area contributed by atoms with Gasteiger partial charge in [0.1, 0.15) is 0 Å². The van der Waals surface area contributed by atoms with Crippen molar-refractivity contribution in [3.05, 3.63) is 65.2 Å². The van der Waals surface area contributed by atoms with Crippen LogP contribution in [0.15, 0.2) is 53.4 Å². The summed E-state index contributed by atoms with van der Waals surface area (Å²) in [5, 5.41) is 0. The second kappa shape index (κ2) is 9.31. The molecule has 162 valence electrons. The SMILES string of the molecule is Cc1ccc(S(=O)(=O)N2CCC(C(=O)N(Cc3ccccc3)C(C)C)CC2)c(C)c1. The van der Waals surface area contributed by atoms with Crippen LogP contribution in [0.2, 0.25) is 0 Å². The van der Waals surface area contributed by atoms with Crippen molar-refractivity contribution in [3.63, 3.8) is 0 Å². The standard InChI is InChI=1S/C24H32N2O3S/c1-18(2)26(17-21-8-6-5-7-9-21)24(27)22-12-14-25(15-13-22)30(28,29)23-11-10-19(3)16-20(23)4/h5-11,16,18,22H,12-15,17H2,1-4H3. The summed E-state index contributed by atoms with van der Waals surface area (Å²) < 4.78 is 27.8. The van der Waals surface area contributed by atoms with Gasteiger partial charge in [0, 0.05) is 31.6 Å². The fraction of sp³-hybridized carbons (Fsp3) is 0.458. The number of sulfonamides is 1. The average Bonchev–Trinajstić information content (AvgIpc) is 2.72. The molecule has 0 unspecified atom stereocenters. The quantitative estimate of drug-likeness (QED) is 0.695. The molecule has 1 heterocycles. The van der Waals surface area contributed by atoms with Crippen molar-refractivity contribution in [2.24, 2.45) is 5.92 Å². The van der Waals surface area contributed by atoms with Gasteiger partial charge in [0.25, 0.3) is 0 Å². The lowest BCUT2D eigenvalue weighted by molar-refractivity contribution is -0.139. The van der Waals surface area contributed by atoms with E-state index in [4.69, 9.17) is 0 Å². The average molecular weight is 429 g/mol. The molecule has 1 amide bonds. The second-order valence-electron chi connectivity index (χ2n) is 8.49. The highest BCUT2D eigenvalue weighted by Gasteiger charge is 2.34. The van der Waals surface area contributed by atoms with Crippen LogP contribution in [0, 0.1) is 19.8 Å². The van der Waals surface area contributed by atoms with Gasteiger partial charge in [0.2, 0.25) is 15.9 Å². The first kappa shape index (κ1) is 22.5. The summed E-state index contributed by atoms with van der Waals surface area (Å²) in [6.45, 7) is 9.18. The molecule has 0 aliphatic carbocycles. The lowest BCUT2D eigenvalue weighted by Gasteiger charge is -2.35. The van der Waals surface area contributed by atoms with Crippen LogP contribution < -0.4 is 0 Å². The molecule has 30 heavy (non-hydrogen) atoms. The number of carbonyl (C=O) groups is 1. The molecule has 2 aromatic carbocycles. The fourth-order valence-corrected chi connectivity index (χ4v) is 5.78. The lowest BCUT2D eigenvalue weighted by Crippen LogP contribution is -2.46. The van der Waals surface area contributed by atoms with Crippen LogP contribution in [0.4, 0.5) is 0 Å². The van der Waals surface area contributed by atoms with Crippen LogP contribution in [0.5, 0.6) is 0 Å². The Morgan fingerprint density at radius 3 is 2.27 bits per heavy atom. The number of hydrogen-bond acceptors (Lipinski definition) is 3. The summed E-state index contributed by atoms with van der Waals surface area (Å²) in [5.41, 5.74) is 2.92. The number of piperidine rings is 1. The molecule has 2 aromatic rings. The van der Waals surface area contributed by atoms with Crippen molar-refractivity contribution < 1.29 is 13.2 Å². The molecular formula is C24H32N2O3S. The summed E-state index contributed by atoms with van der Waals surface area (Å²) in [7, 11) is -3.54. The van der Waals surface area contributed by atoms with E-state index in [1.807, 2.05) is 75.1 Å². The third kappa shape index (κ3) is 4.93. The topological polar surface area (TPSA) is 57.7 Å². The van der Waals surface area contributed by atoms with Gasteiger partial charge in [-0.05, 0) is 57.7 Å². The van der Waals surface area contributed by atoms with Crippen LogP contribution in [0.25, 0.3) is 0 Å². The molecule has 0 atom stereocenters. The summed E-state index contributed by atoms with van der Waals surface area (Å²) >= 11 is 0. The Bertz CT molecular complexity index is 979. The van der Waals surface area contributed by atoms with Gasteiger partial charge in [-0.15, -0.1) is 0 Å². The van der Waals surface area contributed by atoms with Crippen molar-refractivity contribution in [1.29, 1.82) is 0 Å². The van der Waals surface area contributed by atoms with Crippen molar-refractivity contribution in [1.82, 2.24) is 9.21 Å². The number of carbonyl (C=O) groups excluding carboxylic acids is 1. The minimum atomic E-state index is -3.54. The van der Waals surface area contributed by atoms with Crippen LogP contribution in [-0.2, 0) is 21.4 Å². The third-order valence-electron chi connectivity index (χ3n) is 5.85. The molecule has 1 aliphatic heterocycles. The Hall–Kier alpha value is -2.18. The van der Waals surface area contributed by atoms with Crippen LogP contribution in [-0.4, -0.2) is 42.7 Å². The molecule has 1 saturated heterocycles. The monoisotopic (exact) mass is 428 g/mol. The third-order valence-corrected chi connectivity index (χ3v) is 7.91. The molecule has 0 radical (unpaired) electrons. The number of benzene rings is 2. The van der Waals surface area contributed by atoms with Gasteiger partial charge in [-0.2, -0.15) is 4.31 Å². The van der Waals surface area contributed by atoms with Crippen molar-refractivity contribution in [2.45, 2.75) is 58.0 Å². The highest BCUT2D eigenvalue weighted by Crippen LogP contribution is 2.28. The normalized spacial score (nSPS) is 16.0. The van der Waals surface area contributed by atoms with Gasteiger partial charge < -0.3 is 4.90 Å². The Morgan fingerprint density at radius 1 is 1.07 bits per heavy atom. The molecule has 0 spiro atoms. The first-order valence-corrected chi connectivity index (χ1v) is 12.1. The van der Waals surface area contributed by atoms with E-state index in [1.54, 1.807) is 6.07 Å². The predicted molar refractivity (Wildman–Crippen MR) is 120 cm³/mol. The van der Waals surface area contributed by atoms with E-state index in [1.165, 1.54) is 4.31 Å². The highest BCUT2D eigenvalue weighted by atomic mass is 32.2. The molecule has 0 aromatic heterocycles. The summed E-state index contributed by atoms with van der Waals surface area (Å²) in [6.07, 6.45) is 1.11. The number of nitrogens with zero attached hydrogens (tertiary/aromatic N) is 2. The fourth-order valence-electron chi connectivity index (χ4n) is 4.10. The molecular weight excluding hydrogens is 396 g/mol. The first-order chi connectivity index (χ1) is 14.2. The maximum absolute atomic E-state index is 13.2. The number of amides is 1. The van der Waals surface area contributed by atoms with Gasteiger partial charge in [0.15, 0.2) is 0 Å². The largest absolute Gasteiger partial charge is 0.336 e. The van der Waals surface area contributed by atoms with E-state index in [0.717, 1.165) is 16.7 Å². The number of aryl methyl sites for hydroxylation is 2. The van der Waals surface area contributed by atoms with E-state index in [2.05, 4.69) is 0 Å². The molecule has 1 fully saturated rings. The maximum atomic E-state index is 13.2. The van der Waals surface area contributed by atoms with Gasteiger partial charge in [0.05, 0.1) is 4.90 Å². The zero-order valence-corrected chi connectivity index (χ0v) is 19.2. The van der Waals surface area contributed by atoms with Crippen molar-refractivity contribution in [3.8, 4) is 0 Å². The highest BCUT2D eigenvalue weighted by molar-refractivity contribution is 7.89. The molecule has 0 saturated carbocycles. The van der Waals surface area contributed by atoms with Crippen LogP contribution >= 0.6 is 0 Å². The van der Waals surface area contributed by atoms with Gasteiger partial charge in [-0.3, -0.25) is 4.79 Å². The summed E-state index contributed by atoms with van der Waals surface area (Å²) in [4.78, 5) is 15.5. The van der Waals surface area contributed by atoms with Gasteiger partial charge >= 0.3 is 0 Å². The zero-order chi connectivity index (χ0) is 21.9. The number of hydrogen-bond donors (Lipinski definition) is 0. The van der Waals surface area contributed by atoms with E-state index in [9.17, 15) is 13.2 Å². The first-order valence-electron chi connectivity index (χ1n) is 10.6. The Labute approximate surface area is 180 Å². The van der Waals surface area contributed by atoms with E-state index in [0.29, 0.717) is 37.4 Å². The second-order valence-corrected chi connectivity index (χ2v) is 10.4. The molecule has 5 nitrogen and oxygen atoms in total. The van der Waals surface area contributed by atoms with Gasteiger partial charge in [-0.25, -0.2) is 8.42 Å². The molecule has 1 aliphatic rings. The molecule has 6 heteroatoms. The predicted octanol–water partition coefficient (Wildman–Crippen LogP) is 4.14. The van der Waals surface area contributed by atoms with Gasteiger partial charge in [-0.1, -0.05) is 48.0 Å². The Kier molecular flexibility index (Phi) is 6.98. The number of rotatable bonds is 6. The minimum Gasteiger partial charge on any atom is -0.336 e. The van der Waals surface area contributed by atoms with Crippen LogP contribution in [0.1, 0.15) is 43.4 Å². The molecule has 0 bridgehead atoms. The van der Waals surface area contributed by atoms with Crippen LogP contribution in [0.3, 0.4) is 0 Å². The zero-order valence-electron chi connectivity index (χ0n) is 18.3. The summed E-state index contributed by atoms with van der Waals surface area (Å²) in [6, 6.07) is 15.5. The Balaban J connectivity index is 1.68. The lowest BCUT2D eigenvalue weighted by atomic mass is 9.95. The smallest absolute Gasteiger partial charge is 0.243 e. The molecule has 0 N–H and O–H groups in total. The minimum absolute atomic E-state index is 0.0923. The van der Waals surface area contributed by atoms with Crippen molar-refractivity contribution in [2.75, 3.05) is 13.1 Å². The maximum Gasteiger partial charge on any atom is 0.243 e. The van der Waals surface area contributed by atoms with E-state index < -0.39 is 10.0 Å². The summed E-state index contributed by atoms with van der Waals surface area (Å²) in [5.74, 6) is -0.0147. The van der Waals surface area contributed by atoms with E-state index in [-0.39, 0.29) is 17.9 Å².